The molecular weight excluding hydrogens is 404 g/mol. The second kappa shape index (κ2) is 6.34. The Kier molecular flexibility index (Phi) is 4.20. The lowest BCUT2D eigenvalue weighted by Gasteiger charge is -2.55. The molecule has 1 aromatic carbocycles. The van der Waals surface area contributed by atoms with Crippen LogP contribution in [0.15, 0.2) is 35.7 Å². The first-order chi connectivity index (χ1) is 12.3. The monoisotopic (exact) mass is 430 g/mol. The number of anilines is 1. The largest absolute Gasteiger partial charge is 1.00 e. The number of halogens is 1. The van der Waals surface area contributed by atoms with E-state index < -0.39 is 0 Å². The predicted molar refractivity (Wildman–Crippen MR) is 102 cm³/mol. The van der Waals surface area contributed by atoms with Gasteiger partial charge in [0.25, 0.3) is 0 Å². The number of nitrogens with zero attached hydrogens (tertiary/aromatic N) is 2. The fourth-order valence-electron chi connectivity index (χ4n) is 6.90. The smallest absolute Gasteiger partial charge is 0.336 e. The summed E-state index contributed by atoms with van der Waals surface area (Å²) in [4.78, 5) is 2.60. The van der Waals surface area contributed by atoms with Gasteiger partial charge in [0.05, 0.1) is 0 Å². The van der Waals surface area contributed by atoms with Gasteiger partial charge in [-0.15, -0.1) is 0 Å². The number of hydrogen-bond donors (Lipinski definition) is 0. The van der Waals surface area contributed by atoms with Crippen LogP contribution in [0.4, 0.5) is 5.13 Å². The Labute approximate surface area is 171 Å². The molecule has 2 aromatic rings. The van der Waals surface area contributed by atoms with Crippen LogP contribution in [0.1, 0.15) is 49.8 Å². The van der Waals surface area contributed by atoms with Crippen molar-refractivity contribution < 1.29 is 21.5 Å². The average molecular weight is 431 g/mol. The predicted octanol–water partition coefficient (Wildman–Crippen LogP) is 1.53. The molecule has 2 heterocycles. The van der Waals surface area contributed by atoms with Gasteiger partial charge < -0.3 is 17.0 Å². The standard InChI is InChI=1S/C22H27N2S.BrH/c1-2-4-16(5-3-1)14-23-6-7-24-20(15-25-21(23)24)22-11-17-8-18(12-22)10-19(9-17)13-22;/h1-5,15,17-19H,6-14H2;1H/q+1;/p-1. The molecule has 0 atom stereocenters. The number of thiazole rings is 1. The fraction of sp³-hybridized carbons (Fsp3) is 0.591. The van der Waals surface area contributed by atoms with Crippen LogP contribution < -0.4 is 26.4 Å². The van der Waals surface area contributed by atoms with E-state index in [-0.39, 0.29) is 17.0 Å². The van der Waals surface area contributed by atoms with E-state index >= 15 is 0 Å². The highest BCUT2D eigenvalue weighted by Crippen LogP contribution is 2.60. The lowest BCUT2D eigenvalue weighted by Crippen LogP contribution is -3.00. The van der Waals surface area contributed by atoms with E-state index in [2.05, 4.69) is 45.2 Å². The van der Waals surface area contributed by atoms with Gasteiger partial charge >= 0.3 is 5.13 Å². The topological polar surface area (TPSA) is 7.12 Å². The highest BCUT2D eigenvalue weighted by atomic mass is 79.9. The van der Waals surface area contributed by atoms with Crippen LogP contribution in [-0.2, 0) is 18.5 Å². The molecule has 0 spiro atoms. The van der Waals surface area contributed by atoms with Crippen LogP contribution in [0.5, 0.6) is 0 Å². The second-order valence-corrected chi connectivity index (χ2v) is 10.00. The lowest BCUT2D eigenvalue weighted by atomic mass is 9.49. The number of hydrogen-bond acceptors (Lipinski definition) is 2. The first-order valence-corrected chi connectivity index (χ1v) is 11.0. The van der Waals surface area contributed by atoms with Crippen LogP contribution in [0.25, 0.3) is 0 Å². The number of aromatic nitrogens is 1. The van der Waals surface area contributed by atoms with E-state index in [1.165, 1.54) is 62.3 Å². The zero-order valence-electron chi connectivity index (χ0n) is 15.2. The van der Waals surface area contributed by atoms with E-state index in [1.807, 2.05) is 11.3 Å². The zero-order chi connectivity index (χ0) is 16.4. The Morgan fingerprint density at radius 1 is 1.00 bits per heavy atom. The summed E-state index contributed by atoms with van der Waals surface area (Å²) in [5, 5.41) is 4.05. The van der Waals surface area contributed by atoms with E-state index in [0.29, 0.717) is 5.41 Å². The molecule has 4 heteroatoms. The number of fused-ring (bicyclic) bond motifs is 1. The van der Waals surface area contributed by atoms with Crippen LogP contribution in [0, 0.1) is 17.8 Å². The molecule has 1 aliphatic heterocycles. The van der Waals surface area contributed by atoms with Crippen molar-refractivity contribution in [1.29, 1.82) is 0 Å². The molecule has 138 valence electrons. The summed E-state index contributed by atoms with van der Waals surface area (Å²) in [6.07, 6.45) is 9.05. The molecule has 1 aromatic heterocycles. The zero-order valence-corrected chi connectivity index (χ0v) is 17.6. The number of benzene rings is 1. The van der Waals surface area contributed by atoms with Gasteiger partial charge in [0.1, 0.15) is 25.3 Å². The third-order valence-electron chi connectivity index (χ3n) is 7.46. The van der Waals surface area contributed by atoms with Crippen molar-refractivity contribution in [3.8, 4) is 0 Å². The first kappa shape index (κ1) is 17.2. The molecule has 0 N–H and O–H groups in total. The molecule has 26 heavy (non-hydrogen) atoms. The SMILES string of the molecule is [Br-].c1ccc(CN2CC[n+]3c(C45CC6CC(CC(C6)C4)C5)csc32)cc1. The molecule has 0 saturated heterocycles. The maximum absolute atomic E-state index is 2.71. The van der Waals surface area contributed by atoms with Crippen LogP contribution in [-0.4, -0.2) is 6.54 Å². The molecule has 0 unspecified atom stereocenters. The molecule has 0 amide bonds. The quantitative estimate of drug-likeness (QED) is 0.669. The first-order valence-electron chi connectivity index (χ1n) is 10.1. The Balaban J connectivity index is 0.00000150. The van der Waals surface area contributed by atoms with Gasteiger partial charge in [-0.3, -0.25) is 0 Å². The molecule has 5 aliphatic rings. The Bertz CT molecular complexity index is 764. The third kappa shape index (κ3) is 2.59. The molecule has 4 aliphatic carbocycles. The van der Waals surface area contributed by atoms with Crippen LogP contribution >= 0.6 is 11.3 Å². The molecular formula is C22H27BrN2S. The summed E-state index contributed by atoms with van der Waals surface area (Å²) in [5.41, 5.74) is 3.68. The fourth-order valence-corrected chi connectivity index (χ4v) is 8.12. The van der Waals surface area contributed by atoms with Gasteiger partial charge in [-0.25, -0.2) is 9.47 Å². The second-order valence-electron chi connectivity index (χ2n) is 9.16. The van der Waals surface area contributed by atoms with Crippen molar-refractivity contribution in [2.75, 3.05) is 11.4 Å². The maximum atomic E-state index is 2.71. The minimum atomic E-state index is 0. The third-order valence-corrected chi connectivity index (χ3v) is 8.49. The molecule has 7 rings (SSSR count). The van der Waals surface area contributed by atoms with E-state index in [9.17, 15) is 0 Å². The minimum absolute atomic E-state index is 0. The number of rotatable bonds is 3. The van der Waals surface area contributed by atoms with E-state index in [1.54, 1.807) is 5.69 Å². The van der Waals surface area contributed by atoms with Crippen LogP contribution in [0.2, 0.25) is 0 Å². The van der Waals surface area contributed by atoms with Gasteiger partial charge in [0, 0.05) is 10.8 Å². The Morgan fingerprint density at radius 3 is 2.31 bits per heavy atom. The molecule has 4 fully saturated rings. The summed E-state index contributed by atoms with van der Waals surface area (Å²) in [7, 11) is 0. The Morgan fingerprint density at radius 2 is 1.65 bits per heavy atom. The minimum Gasteiger partial charge on any atom is -1.00 e. The average Bonchev–Trinajstić information content (AvgIpc) is 3.18. The highest BCUT2D eigenvalue weighted by Gasteiger charge is 2.55. The summed E-state index contributed by atoms with van der Waals surface area (Å²) >= 11 is 2.00. The van der Waals surface area contributed by atoms with Gasteiger partial charge in [-0.2, -0.15) is 0 Å². The van der Waals surface area contributed by atoms with Gasteiger partial charge in [-0.05, 0) is 61.8 Å². The lowest BCUT2D eigenvalue weighted by molar-refractivity contribution is -0.679. The summed E-state index contributed by atoms with van der Waals surface area (Å²) in [6, 6.07) is 11.0. The van der Waals surface area contributed by atoms with Gasteiger partial charge in [-0.1, -0.05) is 41.7 Å². The summed E-state index contributed by atoms with van der Waals surface area (Å²) < 4.78 is 2.71. The van der Waals surface area contributed by atoms with Gasteiger partial charge in [0.2, 0.25) is 0 Å². The molecule has 4 bridgehead atoms. The maximum Gasteiger partial charge on any atom is 0.336 e. The van der Waals surface area contributed by atoms with Gasteiger partial charge in [0.15, 0.2) is 0 Å². The molecule has 2 nitrogen and oxygen atoms in total. The summed E-state index contributed by atoms with van der Waals surface area (Å²) in [6.45, 7) is 3.44. The molecule has 4 saturated carbocycles. The van der Waals surface area contributed by atoms with Crippen molar-refractivity contribution in [3.05, 3.63) is 47.0 Å². The molecule has 0 radical (unpaired) electrons. The van der Waals surface area contributed by atoms with Crippen molar-refractivity contribution in [1.82, 2.24) is 0 Å². The summed E-state index contributed by atoms with van der Waals surface area (Å²) in [5.74, 6) is 3.10. The Hall–Kier alpha value is -0.870. The normalized spacial score (nSPS) is 34.0. The van der Waals surface area contributed by atoms with Crippen molar-refractivity contribution >= 4 is 16.5 Å². The van der Waals surface area contributed by atoms with Crippen molar-refractivity contribution in [2.24, 2.45) is 17.8 Å². The van der Waals surface area contributed by atoms with Crippen molar-refractivity contribution in [2.45, 2.75) is 57.0 Å². The van der Waals surface area contributed by atoms with Crippen molar-refractivity contribution in [3.63, 3.8) is 0 Å². The van der Waals surface area contributed by atoms with E-state index in [4.69, 9.17) is 0 Å². The highest BCUT2D eigenvalue weighted by molar-refractivity contribution is 7.13. The van der Waals surface area contributed by atoms with Crippen LogP contribution in [0.3, 0.4) is 0 Å². The van der Waals surface area contributed by atoms with E-state index in [0.717, 1.165) is 24.3 Å².